The molecule has 5 rings (SSSR count). The van der Waals surface area contributed by atoms with E-state index in [0.29, 0.717) is 17.4 Å². The second kappa shape index (κ2) is 8.65. The SMILES string of the molecule is O=C(Nc1nc([C@H]2CCCN2c2cncnc2)cs1)c1cccn1Cc1ccncc1. The van der Waals surface area contributed by atoms with Crippen LogP contribution in [0.25, 0.3) is 0 Å². The first-order valence-electron chi connectivity index (χ1n) is 10.1. The zero-order chi connectivity index (χ0) is 21.0. The van der Waals surface area contributed by atoms with Crippen LogP contribution in [0, 0.1) is 0 Å². The number of rotatable bonds is 6. The van der Waals surface area contributed by atoms with Crippen molar-refractivity contribution < 1.29 is 4.79 Å². The molecule has 0 unspecified atom stereocenters. The van der Waals surface area contributed by atoms with Gasteiger partial charge in [0.25, 0.3) is 5.91 Å². The Kier molecular flexibility index (Phi) is 5.40. The van der Waals surface area contributed by atoms with Gasteiger partial charge in [-0.2, -0.15) is 0 Å². The second-order valence-electron chi connectivity index (χ2n) is 7.36. The summed E-state index contributed by atoms with van der Waals surface area (Å²) in [7, 11) is 0. The highest BCUT2D eigenvalue weighted by atomic mass is 32.1. The van der Waals surface area contributed by atoms with Crippen molar-refractivity contribution in [3.05, 3.63) is 83.9 Å². The molecule has 1 N–H and O–H groups in total. The molecule has 0 bridgehead atoms. The molecule has 1 atom stereocenters. The van der Waals surface area contributed by atoms with Gasteiger partial charge in [-0.15, -0.1) is 11.3 Å². The topological polar surface area (TPSA) is 88.8 Å². The monoisotopic (exact) mass is 431 g/mol. The Hall–Kier alpha value is -3.59. The van der Waals surface area contributed by atoms with Crippen molar-refractivity contribution in [3.63, 3.8) is 0 Å². The van der Waals surface area contributed by atoms with E-state index in [0.717, 1.165) is 36.3 Å². The minimum absolute atomic E-state index is 0.167. The Morgan fingerprint density at radius 3 is 2.84 bits per heavy atom. The average Bonchev–Trinajstić information content (AvgIpc) is 3.56. The number of hydrogen-bond donors (Lipinski definition) is 1. The molecule has 9 heteroatoms. The third-order valence-corrected chi connectivity index (χ3v) is 6.16. The summed E-state index contributed by atoms with van der Waals surface area (Å²) in [6.07, 6.45) is 12.7. The molecule has 1 aliphatic heterocycles. The van der Waals surface area contributed by atoms with Crippen molar-refractivity contribution in [2.45, 2.75) is 25.4 Å². The first-order valence-corrected chi connectivity index (χ1v) is 11.0. The first kappa shape index (κ1) is 19.4. The van der Waals surface area contributed by atoms with E-state index in [2.05, 4.69) is 25.2 Å². The predicted molar refractivity (Wildman–Crippen MR) is 119 cm³/mol. The van der Waals surface area contributed by atoms with Crippen LogP contribution in [0.15, 0.2) is 67.0 Å². The van der Waals surface area contributed by atoms with E-state index >= 15 is 0 Å². The number of aromatic nitrogens is 5. The van der Waals surface area contributed by atoms with Crippen LogP contribution < -0.4 is 10.2 Å². The summed E-state index contributed by atoms with van der Waals surface area (Å²) in [5, 5.41) is 5.59. The number of thiazole rings is 1. The molecule has 0 spiro atoms. The lowest BCUT2D eigenvalue weighted by molar-refractivity contribution is 0.101. The van der Waals surface area contributed by atoms with Gasteiger partial charge in [-0.25, -0.2) is 15.0 Å². The lowest BCUT2D eigenvalue weighted by atomic mass is 10.1. The van der Waals surface area contributed by atoms with Gasteiger partial charge in [0.05, 0.1) is 29.8 Å². The van der Waals surface area contributed by atoms with Crippen LogP contribution in [0.5, 0.6) is 0 Å². The molecular formula is C22H21N7OS. The van der Waals surface area contributed by atoms with E-state index in [1.807, 2.05) is 52.8 Å². The van der Waals surface area contributed by atoms with Gasteiger partial charge in [-0.1, -0.05) is 0 Å². The summed E-state index contributed by atoms with van der Waals surface area (Å²) >= 11 is 1.45. The molecule has 4 aromatic heterocycles. The first-order chi connectivity index (χ1) is 15.3. The van der Waals surface area contributed by atoms with E-state index in [4.69, 9.17) is 4.98 Å². The molecule has 156 valence electrons. The molecule has 1 saturated heterocycles. The number of amides is 1. The van der Waals surface area contributed by atoms with Crippen molar-refractivity contribution in [2.24, 2.45) is 0 Å². The lowest BCUT2D eigenvalue weighted by Crippen LogP contribution is -2.23. The average molecular weight is 432 g/mol. The minimum Gasteiger partial charge on any atom is -0.360 e. The summed E-state index contributed by atoms with van der Waals surface area (Å²) < 4.78 is 1.92. The maximum Gasteiger partial charge on any atom is 0.274 e. The number of carbonyl (C=O) groups is 1. The molecule has 0 radical (unpaired) electrons. The summed E-state index contributed by atoms with van der Waals surface area (Å²) in [6, 6.07) is 7.75. The Balaban J connectivity index is 1.29. The molecular weight excluding hydrogens is 410 g/mol. The predicted octanol–water partition coefficient (Wildman–Crippen LogP) is 3.77. The number of carbonyl (C=O) groups excluding carboxylic acids is 1. The van der Waals surface area contributed by atoms with Crippen molar-refractivity contribution in [1.82, 2.24) is 24.5 Å². The third-order valence-electron chi connectivity index (χ3n) is 5.38. The number of nitrogens with one attached hydrogen (secondary N) is 1. The van der Waals surface area contributed by atoms with Gasteiger partial charge in [0.2, 0.25) is 0 Å². The molecule has 1 fully saturated rings. The summed E-state index contributed by atoms with van der Waals surface area (Å²) in [6.45, 7) is 1.55. The van der Waals surface area contributed by atoms with Gasteiger partial charge in [-0.3, -0.25) is 15.1 Å². The minimum atomic E-state index is -0.167. The summed E-state index contributed by atoms with van der Waals surface area (Å²) in [4.78, 5) is 32.2. The smallest absolute Gasteiger partial charge is 0.274 e. The summed E-state index contributed by atoms with van der Waals surface area (Å²) in [5.41, 5.74) is 3.65. The number of pyridine rings is 1. The maximum absolute atomic E-state index is 12.9. The number of hydrogen-bond acceptors (Lipinski definition) is 7. The molecule has 0 aromatic carbocycles. The number of nitrogens with zero attached hydrogens (tertiary/aromatic N) is 6. The van der Waals surface area contributed by atoms with Crippen molar-refractivity contribution >= 4 is 28.1 Å². The largest absolute Gasteiger partial charge is 0.360 e. The Bertz CT molecular complexity index is 1160. The van der Waals surface area contributed by atoms with Gasteiger partial charge in [0.15, 0.2) is 5.13 Å². The highest BCUT2D eigenvalue weighted by molar-refractivity contribution is 7.14. The molecule has 0 saturated carbocycles. The summed E-state index contributed by atoms with van der Waals surface area (Å²) in [5.74, 6) is -0.167. The van der Waals surface area contributed by atoms with Crippen LogP contribution in [-0.4, -0.2) is 37.0 Å². The highest BCUT2D eigenvalue weighted by Gasteiger charge is 2.29. The normalized spacial score (nSPS) is 15.9. The molecule has 5 heterocycles. The van der Waals surface area contributed by atoms with E-state index < -0.39 is 0 Å². The third kappa shape index (κ3) is 4.17. The van der Waals surface area contributed by atoms with Crippen molar-refractivity contribution in [1.29, 1.82) is 0 Å². The van der Waals surface area contributed by atoms with Gasteiger partial charge in [0.1, 0.15) is 12.0 Å². The van der Waals surface area contributed by atoms with E-state index in [-0.39, 0.29) is 11.9 Å². The Labute approximate surface area is 183 Å². The molecule has 1 aliphatic rings. The highest BCUT2D eigenvalue weighted by Crippen LogP contribution is 2.36. The standard InChI is InChI=1S/C22H21N7OS/c30-21(20-4-1-9-28(20)13-16-5-7-23-8-6-16)27-22-26-18(14-31-22)19-3-2-10-29(19)17-11-24-15-25-12-17/h1,4-9,11-12,14-15,19H,2-3,10,13H2,(H,26,27,30)/t19-/m1/s1. The zero-order valence-electron chi connectivity index (χ0n) is 16.8. The van der Waals surface area contributed by atoms with Gasteiger partial charge < -0.3 is 9.47 Å². The maximum atomic E-state index is 12.9. The Morgan fingerprint density at radius 2 is 2.00 bits per heavy atom. The van der Waals surface area contributed by atoms with E-state index in [1.54, 1.807) is 12.4 Å². The second-order valence-corrected chi connectivity index (χ2v) is 8.21. The van der Waals surface area contributed by atoms with Crippen LogP contribution in [0.3, 0.4) is 0 Å². The van der Waals surface area contributed by atoms with Crippen molar-refractivity contribution in [3.8, 4) is 0 Å². The molecule has 4 aromatic rings. The molecule has 0 aliphatic carbocycles. The van der Waals surface area contributed by atoms with E-state index in [1.165, 1.54) is 17.7 Å². The molecule has 1 amide bonds. The molecule has 31 heavy (non-hydrogen) atoms. The quantitative estimate of drug-likeness (QED) is 0.500. The Morgan fingerprint density at radius 1 is 1.16 bits per heavy atom. The van der Waals surface area contributed by atoms with Gasteiger partial charge >= 0.3 is 0 Å². The van der Waals surface area contributed by atoms with Crippen LogP contribution in [0.1, 0.15) is 40.6 Å². The van der Waals surface area contributed by atoms with Gasteiger partial charge in [0, 0.05) is 37.1 Å². The van der Waals surface area contributed by atoms with Crippen LogP contribution in [0.4, 0.5) is 10.8 Å². The van der Waals surface area contributed by atoms with Crippen LogP contribution in [-0.2, 0) is 6.54 Å². The number of anilines is 2. The lowest BCUT2D eigenvalue weighted by Gasteiger charge is -2.24. The zero-order valence-corrected chi connectivity index (χ0v) is 17.6. The van der Waals surface area contributed by atoms with Gasteiger partial charge in [-0.05, 0) is 42.7 Å². The van der Waals surface area contributed by atoms with Crippen molar-refractivity contribution in [2.75, 3.05) is 16.8 Å². The van der Waals surface area contributed by atoms with Crippen LogP contribution >= 0.6 is 11.3 Å². The fourth-order valence-electron chi connectivity index (χ4n) is 3.92. The fraction of sp³-hybridized carbons (Fsp3) is 0.227. The van der Waals surface area contributed by atoms with E-state index in [9.17, 15) is 4.79 Å². The fourth-order valence-corrected chi connectivity index (χ4v) is 4.68. The molecule has 8 nitrogen and oxygen atoms in total. The van der Waals surface area contributed by atoms with Crippen LogP contribution in [0.2, 0.25) is 0 Å².